The number of hydrogen-bond acceptors (Lipinski definition) is 5. The van der Waals surface area contributed by atoms with Crippen LogP contribution in [-0.2, 0) is 4.74 Å². The van der Waals surface area contributed by atoms with Crippen LogP contribution < -0.4 is 0 Å². The average Bonchev–Trinajstić information content (AvgIpc) is 2.43. The molecule has 0 spiro atoms. The third kappa shape index (κ3) is 4.82. The van der Waals surface area contributed by atoms with E-state index in [0.717, 1.165) is 6.42 Å². The molecule has 0 unspecified atom stereocenters. The van der Waals surface area contributed by atoms with Crippen LogP contribution in [0.4, 0.5) is 0 Å². The average molecular weight is 264 g/mol. The van der Waals surface area contributed by atoms with E-state index in [9.17, 15) is 20.4 Å². The van der Waals surface area contributed by atoms with Gasteiger partial charge in [-0.3, -0.25) is 0 Å². The van der Waals surface area contributed by atoms with Gasteiger partial charge in [-0.15, -0.1) is 0 Å². The monoisotopic (exact) mass is 264 g/mol. The van der Waals surface area contributed by atoms with Gasteiger partial charge in [0.05, 0.1) is 39.6 Å². The fourth-order valence-electron chi connectivity index (χ4n) is 1.85. The highest BCUT2D eigenvalue weighted by Gasteiger charge is 2.31. The summed E-state index contributed by atoms with van der Waals surface area (Å²) in [6, 6.07) is 0. The summed E-state index contributed by atoms with van der Waals surface area (Å²) in [5, 5.41) is 37.3. The zero-order valence-electron chi connectivity index (χ0n) is 11.6. The summed E-state index contributed by atoms with van der Waals surface area (Å²) in [6.07, 6.45) is 2.14. The molecule has 4 N–H and O–H groups in total. The molecule has 110 valence electrons. The molecule has 0 aliphatic heterocycles. The molecule has 0 aromatic carbocycles. The van der Waals surface area contributed by atoms with Crippen LogP contribution in [0.3, 0.4) is 0 Å². The quantitative estimate of drug-likeness (QED) is 0.427. The molecule has 0 aromatic heterocycles. The molecule has 0 aliphatic rings. The molecule has 0 atom stereocenters. The second-order valence-electron chi connectivity index (χ2n) is 5.23. The zero-order chi connectivity index (χ0) is 14.1. The van der Waals surface area contributed by atoms with E-state index in [-0.39, 0.29) is 39.6 Å². The summed E-state index contributed by atoms with van der Waals surface area (Å²) < 4.78 is 5.53. The van der Waals surface area contributed by atoms with E-state index in [1.165, 1.54) is 0 Å². The maximum Gasteiger partial charge on any atom is 0.0566 e. The fraction of sp³-hybridized carbons (Fsp3) is 1.00. The maximum atomic E-state index is 9.37. The Hall–Kier alpha value is -0.200. The van der Waals surface area contributed by atoms with E-state index in [4.69, 9.17) is 4.74 Å². The zero-order valence-corrected chi connectivity index (χ0v) is 11.6. The van der Waals surface area contributed by atoms with Crippen molar-refractivity contribution >= 4 is 0 Å². The van der Waals surface area contributed by atoms with Gasteiger partial charge >= 0.3 is 0 Å². The van der Waals surface area contributed by atoms with Crippen LogP contribution in [0.25, 0.3) is 0 Å². The van der Waals surface area contributed by atoms with Gasteiger partial charge in [-0.05, 0) is 12.8 Å². The molecule has 0 heterocycles. The molecular formula is C13H28O5. The molecule has 0 aliphatic carbocycles. The third-order valence-corrected chi connectivity index (χ3v) is 3.69. The van der Waals surface area contributed by atoms with E-state index in [2.05, 4.69) is 0 Å². The Labute approximate surface area is 109 Å². The van der Waals surface area contributed by atoms with Crippen LogP contribution in [-0.4, -0.2) is 60.1 Å². The van der Waals surface area contributed by atoms with Crippen LogP contribution in [0.5, 0.6) is 0 Å². The highest BCUT2D eigenvalue weighted by atomic mass is 16.5. The van der Waals surface area contributed by atoms with Crippen molar-refractivity contribution in [3.05, 3.63) is 0 Å². The van der Waals surface area contributed by atoms with E-state index in [0.29, 0.717) is 12.8 Å². The molecule has 0 amide bonds. The lowest BCUT2D eigenvalue weighted by molar-refractivity contribution is -0.0797. The summed E-state index contributed by atoms with van der Waals surface area (Å²) in [7, 11) is 0. The highest BCUT2D eigenvalue weighted by molar-refractivity contribution is 4.80. The third-order valence-electron chi connectivity index (χ3n) is 3.69. The topological polar surface area (TPSA) is 90.2 Å². The minimum absolute atomic E-state index is 0.130. The lowest BCUT2D eigenvalue weighted by atomic mass is 9.85. The Morgan fingerprint density at radius 2 is 1.22 bits per heavy atom. The molecule has 0 saturated carbocycles. The van der Waals surface area contributed by atoms with Crippen LogP contribution in [0, 0.1) is 10.8 Å². The minimum atomic E-state index is -0.636. The lowest BCUT2D eigenvalue weighted by Gasteiger charge is -2.33. The number of aliphatic hydroxyl groups excluding tert-OH is 4. The predicted molar refractivity (Wildman–Crippen MR) is 69.2 cm³/mol. The lowest BCUT2D eigenvalue weighted by Crippen LogP contribution is -2.39. The summed E-state index contributed by atoms with van der Waals surface area (Å²) in [6.45, 7) is 3.78. The first kappa shape index (κ1) is 17.8. The van der Waals surface area contributed by atoms with Gasteiger partial charge in [-0.2, -0.15) is 0 Å². The summed E-state index contributed by atoms with van der Waals surface area (Å²) in [5.41, 5.74) is -1.26. The van der Waals surface area contributed by atoms with Crippen molar-refractivity contribution in [3.63, 3.8) is 0 Å². The van der Waals surface area contributed by atoms with E-state index < -0.39 is 10.8 Å². The maximum absolute atomic E-state index is 9.37. The van der Waals surface area contributed by atoms with Crippen molar-refractivity contribution < 1.29 is 25.2 Å². The summed E-state index contributed by atoms with van der Waals surface area (Å²) >= 11 is 0. The van der Waals surface area contributed by atoms with Crippen molar-refractivity contribution in [1.29, 1.82) is 0 Å². The number of aliphatic hydroxyl groups is 4. The smallest absolute Gasteiger partial charge is 0.0566 e. The molecule has 0 fully saturated rings. The normalized spacial score (nSPS) is 13.0. The van der Waals surface area contributed by atoms with Gasteiger partial charge in [-0.1, -0.05) is 20.3 Å². The Morgan fingerprint density at radius 3 is 1.56 bits per heavy atom. The van der Waals surface area contributed by atoms with Crippen LogP contribution >= 0.6 is 0 Å². The Balaban J connectivity index is 4.36. The number of ether oxygens (including phenoxy) is 1. The van der Waals surface area contributed by atoms with Gasteiger partial charge in [0.2, 0.25) is 0 Å². The number of hydrogen-bond donors (Lipinski definition) is 4. The summed E-state index contributed by atoms with van der Waals surface area (Å²) in [5.74, 6) is 0. The first-order chi connectivity index (χ1) is 8.57. The van der Waals surface area contributed by atoms with Gasteiger partial charge in [0, 0.05) is 10.8 Å². The van der Waals surface area contributed by atoms with E-state index >= 15 is 0 Å². The molecule has 0 saturated heterocycles. The van der Waals surface area contributed by atoms with Crippen molar-refractivity contribution in [2.24, 2.45) is 10.8 Å². The molecule has 18 heavy (non-hydrogen) atoms. The molecule has 5 heteroatoms. The van der Waals surface area contributed by atoms with Gasteiger partial charge in [-0.25, -0.2) is 0 Å². The minimum Gasteiger partial charge on any atom is -0.396 e. The largest absolute Gasteiger partial charge is 0.396 e. The van der Waals surface area contributed by atoms with E-state index in [1.54, 1.807) is 0 Å². The van der Waals surface area contributed by atoms with Crippen LogP contribution in [0.1, 0.15) is 33.1 Å². The van der Waals surface area contributed by atoms with Crippen molar-refractivity contribution in [3.8, 4) is 0 Å². The molecule has 0 aromatic rings. The standard InChI is InChI=1S/C13H28O5/c1-3-5-13(8-16,9-17)11-18-10-12(4-2,6-14)7-15/h14-17H,3-11H2,1-2H3. The van der Waals surface area contributed by atoms with Crippen LogP contribution in [0.2, 0.25) is 0 Å². The second kappa shape index (κ2) is 8.82. The Morgan fingerprint density at radius 1 is 0.778 bits per heavy atom. The van der Waals surface area contributed by atoms with Crippen molar-refractivity contribution in [1.82, 2.24) is 0 Å². The van der Waals surface area contributed by atoms with Gasteiger partial charge in [0.15, 0.2) is 0 Å². The predicted octanol–water partition coefficient (Wildman–Crippen LogP) is 0.155. The van der Waals surface area contributed by atoms with Crippen molar-refractivity contribution in [2.75, 3.05) is 39.6 Å². The van der Waals surface area contributed by atoms with Gasteiger partial charge in [0.1, 0.15) is 0 Å². The van der Waals surface area contributed by atoms with E-state index in [1.807, 2.05) is 13.8 Å². The Bertz CT molecular complexity index is 191. The molecule has 0 rings (SSSR count). The number of rotatable bonds is 11. The molecular weight excluding hydrogens is 236 g/mol. The first-order valence-electron chi connectivity index (χ1n) is 6.58. The molecule has 0 bridgehead atoms. The second-order valence-corrected chi connectivity index (χ2v) is 5.23. The highest BCUT2D eigenvalue weighted by Crippen LogP contribution is 2.26. The SMILES string of the molecule is CCCC(CO)(CO)COCC(CC)(CO)CO. The first-order valence-corrected chi connectivity index (χ1v) is 6.58. The van der Waals surface area contributed by atoms with Crippen LogP contribution in [0.15, 0.2) is 0 Å². The summed E-state index contributed by atoms with van der Waals surface area (Å²) in [4.78, 5) is 0. The fourth-order valence-corrected chi connectivity index (χ4v) is 1.85. The Kier molecular flexibility index (Phi) is 8.73. The molecule has 0 radical (unpaired) electrons. The molecule has 5 nitrogen and oxygen atoms in total. The van der Waals surface area contributed by atoms with Gasteiger partial charge < -0.3 is 25.2 Å². The van der Waals surface area contributed by atoms with Crippen molar-refractivity contribution in [2.45, 2.75) is 33.1 Å². The van der Waals surface area contributed by atoms with Gasteiger partial charge in [0.25, 0.3) is 0 Å².